The maximum atomic E-state index is 1.69. The molecular formula is C16H22. The molecule has 7 aliphatic rings. The summed E-state index contributed by atoms with van der Waals surface area (Å²) in [5.74, 6) is 9.77. The fourth-order valence-electron chi connectivity index (χ4n) is 8.82. The van der Waals surface area contributed by atoms with Crippen LogP contribution in [0.2, 0.25) is 0 Å². The number of hydrogen-bond acceptors (Lipinski definition) is 0. The van der Waals surface area contributed by atoms with Crippen LogP contribution in [0, 0.1) is 52.8 Å². The van der Waals surface area contributed by atoms with Crippen LogP contribution in [0.25, 0.3) is 0 Å². The molecule has 0 aromatic carbocycles. The van der Waals surface area contributed by atoms with Gasteiger partial charge in [0.15, 0.2) is 0 Å². The van der Waals surface area contributed by atoms with Crippen molar-refractivity contribution in [2.24, 2.45) is 52.8 Å². The molecule has 0 amide bonds. The molecule has 7 rings (SSSR count). The monoisotopic (exact) mass is 214 g/mol. The van der Waals surface area contributed by atoms with E-state index in [-0.39, 0.29) is 0 Å². The van der Waals surface area contributed by atoms with E-state index < -0.39 is 0 Å². The molecule has 16 heavy (non-hydrogen) atoms. The Labute approximate surface area is 98.2 Å². The fraction of sp³-hybridized carbons (Fsp3) is 1.00. The molecular weight excluding hydrogens is 192 g/mol. The van der Waals surface area contributed by atoms with Gasteiger partial charge in [0.05, 0.1) is 0 Å². The lowest BCUT2D eigenvalue weighted by molar-refractivity contribution is -0.00635. The van der Waals surface area contributed by atoms with E-state index in [0.29, 0.717) is 0 Å². The molecule has 0 saturated heterocycles. The first-order valence-electron chi connectivity index (χ1n) is 7.89. The quantitative estimate of drug-likeness (QED) is 0.576. The molecule has 0 aromatic rings. The molecule has 0 N–H and O–H groups in total. The lowest BCUT2D eigenvalue weighted by atomic mass is 9.56. The maximum absolute atomic E-state index is 1.69. The third kappa shape index (κ3) is 0.560. The van der Waals surface area contributed by atoms with Crippen LogP contribution >= 0.6 is 0 Å². The van der Waals surface area contributed by atoms with Gasteiger partial charge in [0.2, 0.25) is 0 Å². The summed E-state index contributed by atoms with van der Waals surface area (Å²) < 4.78 is 0. The smallest absolute Gasteiger partial charge is 0.0178 e. The normalized spacial score (nSPS) is 76.5. The zero-order valence-electron chi connectivity index (χ0n) is 10.1. The first kappa shape index (κ1) is 8.16. The molecule has 1 spiro atoms. The van der Waals surface area contributed by atoms with E-state index in [2.05, 4.69) is 0 Å². The van der Waals surface area contributed by atoms with Gasteiger partial charge in [0, 0.05) is 0 Å². The topological polar surface area (TPSA) is 0 Å². The van der Waals surface area contributed by atoms with Crippen molar-refractivity contribution in [1.82, 2.24) is 0 Å². The summed E-state index contributed by atoms with van der Waals surface area (Å²) in [6.45, 7) is 0. The minimum atomic E-state index is 0.955. The zero-order valence-corrected chi connectivity index (χ0v) is 10.1. The van der Waals surface area contributed by atoms with Crippen LogP contribution in [0.15, 0.2) is 0 Å². The summed E-state index contributed by atoms with van der Waals surface area (Å²) in [5.41, 5.74) is 0.955. The van der Waals surface area contributed by atoms with Crippen molar-refractivity contribution >= 4 is 0 Å². The van der Waals surface area contributed by atoms with Gasteiger partial charge in [-0.25, -0.2) is 0 Å². The van der Waals surface area contributed by atoms with E-state index in [4.69, 9.17) is 0 Å². The van der Waals surface area contributed by atoms with Gasteiger partial charge in [-0.05, 0) is 97.7 Å². The van der Waals surface area contributed by atoms with Crippen molar-refractivity contribution in [3.8, 4) is 0 Å². The largest absolute Gasteiger partial charge is 0.0499 e. The molecule has 0 radical (unpaired) electrons. The molecule has 7 bridgehead atoms. The lowest BCUT2D eigenvalue weighted by Gasteiger charge is -2.48. The van der Waals surface area contributed by atoms with Crippen LogP contribution in [0.4, 0.5) is 0 Å². The predicted octanol–water partition coefficient (Wildman–Crippen LogP) is 3.71. The van der Waals surface area contributed by atoms with E-state index in [1.165, 1.54) is 47.3 Å². The number of fused-ring (bicyclic) bond motifs is 3. The molecule has 7 unspecified atom stereocenters. The van der Waals surface area contributed by atoms with Gasteiger partial charge in [-0.15, -0.1) is 0 Å². The first-order chi connectivity index (χ1) is 7.89. The molecule has 7 fully saturated rings. The second kappa shape index (κ2) is 2.15. The van der Waals surface area contributed by atoms with Crippen LogP contribution in [0.1, 0.15) is 44.9 Å². The Hall–Kier alpha value is 0. The van der Waals surface area contributed by atoms with Crippen molar-refractivity contribution in [3.63, 3.8) is 0 Å². The summed E-state index contributed by atoms with van der Waals surface area (Å²) in [6.07, 6.45) is 11.7. The standard InChI is InChI=1S/C16H22/c1-2-14-12-6-11-7-13(12)15-5-9-4-10(3-8(1)9)16(11,14)15/h8-15H,1-7H2/t8?,9-,10?,11?,12+,13?,14?,15?,16?/m1/s1. The third-order valence-corrected chi connectivity index (χ3v) is 8.64. The van der Waals surface area contributed by atoms with E-state index >= 15 is 0 Å². The molecule has 0 aliphatic heterocycles. The van der Waals surface area contributed by atoms with Crippen molar-refractivity contribution < 1.29 is 0 Å². The van der Waals surface area contributed by atoms with Gasteiger partial charge in [0.1, 0.15) is 0 Å². The average Bonchev–Trinajstić information content (AvgIpc) is 2.96. The Kier molecular flexibility index (Phi) is 1.10. The van der Waals surface area contributed by atoms with E-state index in [0.717, 1.165) is 5.41 Å². The molecule has 7 saturated carbocycles. The zero-order chi connectivity index (χ0) is 10.1. The van der Waals surface area contributed by atoms with Gasteiger partial charge in [-0.1, -0.05) is 0 Å². The highest BCUT2D eigenvalue weighted by atomic mass is 14.8. The van der Waals surface area contributed by atoms with Gasteiger partial charge in [0.25, 0.3) is 0 Å². The van der Waals surface area contributed by atoms with E-state index in [9.17, 15) is 0 Å². The molecule has 0 nitrogen and oxygen atoms in total. The summed E-state index contributed by atoms with van der Waals surface area (Å²) in [7, 11) is 0. The highest BCUT2D eigenvalue weighted by Gasteiger charge is 2.78. The van der Waals surface area contributed by atoms with E-state index in [1.807, 2.05) is 0 Å². The summed E-state index contributed by atoms with van der Waals surface area (Å²) >= 11 is 0. The number of hydrogen-bond donors (Lipinski definition) is 0. The third-order valence-electron chi connectivity index (χ3n) is 8.64. The molecule has 0 aromatic heterocycles. The van der Waals surface area contributed by atoms with Crippen molar-refractivity contribution in [3.05, 3.63) is 0 Å². The highest BCUT2D eigenvalue weighted by Crippen LogP contribution is 2.84. The molecule has 0 heterocycles. The summed E-state index contributed by atoms with van der Waals surface area (Å²) in [4.78, 5) is 0. The Balaban J connectivity index is 1.67. The second-order valence-corrected chi connectivity index (χ2v) is 8.21. The minimum Gasteiger partial charge on any atom is -0.0499 e. The Morgan fingerprint density at radius 1 is 0.625 bits per heavy atom. The van der Waals surface area contributed by atoms with Crippen molar-refractivity contribution in [2.45, 2.75) is 44.9 Å². The van der Waals surface area contributed by atoms with Crippen molar-refractivity contribution in [1.29, 1.82) is 0 Å². The fourth-order valence-corrected chi connectivity index (χ4v) is 8.82. The summed E-state index contributed by atoms with van der Waals surface area (Å²) in [5, 5.41) is 0. The average molecular weight is 214 g/mol. The predicted molar refractivity (Wildman–Crippen MR) is 62.7 cm³/mol. The Morgan fingerprint density at radius 2 is 1.38 bits per heavy atom. The minimum absolute atomic E-state index is 0.955. The lowest BCUT2D eigenvalue weighted by Crippen LogP contribution is -2.43. The molecule has 7 aliphatic carbocycles. The number of rotatable bonds is 0. The Bertz CT molecular complexity index is 369. The van der Waals surface area contributed by atoms with Crippen LogP contribution in [-0.2, 0) is 0 Å². The van der Waals surface area contributed by atoms with Gasteiger partial charge < -0.3 is 0 Å². The van der Waals surface area contributed by atoms with E-state index in [1.54, 1.807) is 44.9 Å². The van der Waals surface area contributed by atoms with Crippen molar-refractivity contribution in [2.75, 3.05) is 0 Å². The Morgan fingerprint density at radius 3 is 2.31 bits per heavy atom. The second-order valence-electron chi connectivity index (χ2n) is 8.21. The van der Waals surface area contributed by atoms with Crippen LogP contribution in [0.3, 0.4) is 0 Å². The van der Waals surface area contributed by atoms with Crippen LogP contribution in [-0.4, -0.2) is 0 Å². The van der Waals surface area contributed by atoms with Gasteiger partial charge in [-0.2, -0.15) is 0 Å². The molecule has 0 heteroatoms. The van der Waals surface area contributed by atoms with Crippen LogP contribution < -0.4 is 0 Å². The molecule has 86 valence electrons. The highest BCUT2D eigenvalue weighted by molar-refractivity contribution is 5.26. The van der Waals surface area contributed by atoms with Crippen LogP contribution in [0.5, 0.6) is 0 Å². The maximum Gasteiger partial charge on any atom is -0.0178 e. The van der Waals surface area contributed by atoms with Gasteiger partial charge in [-0.3, -0.25) is 0 Å². The van der Waals surface area contributed by atoms with Gasteiger partial charge >= 0.3 is 0 Å². The SMILES string of the molecule is C1CC2[C@H]3CC4CC3C3C[C@H]5CC(CC15)C432. The molecule has 9 atom stereocenters. The first-order valence-corrected chi connectivity index (χ1v) is 7.89. The summed E-state index contributed by atoms with van der Waals surface area (Å²) in [6, 6.07) is 0.